The number of hydrogen-bond donors (Lipinski definition) is 5. The fourth-order valence-electron chi connectivity index (χ4n) is 8.59. The summed E-state index contributed by atoms with van der Waals surface area (Å²) in [5.74, 6) is -0.0129. The number of carbonyl (C=O) groups is 2. The van der Waals surface area contributed by atoms with Gasteiger partial charge < -0.3 is 35.0 Å². The molecule has 5 rings (SSSR count). The van der Waals surface area contributed by atoms with Crippen LogP contribution in [-0.2, 0) is 19.1 Å². The number of aliphatic hydroxyl groups is 4. The first-order chi connectivity index (χ1) is 16.0. The fraction of sp³-hybridized carbons (Fsp3) is 0.920. The highest BCUT2D eigenvalue weighted by molar-refractivity contribution is 5.87. The normalized spacial score (nSPS) is 55.2. The quantitative estimate of drug-likeness (QED) is 0.368. The number of hydrogen-bond acceptors (Lipinski definition) is 8. The van der Waals surface area contributed by atoms with Gasteiger partial charge in [-0.1, -0.05) is 13.8 Å². The van der Waals surface area contributed by atoms with Crippen LogP contribution in [0, 0.1) is 34.5 Å². The molecule has 4 aliphatic carbocycles. The van der Waals surface area contributed by atoms with E-state index in [0.29, 0.717) is 43.3 Å². The molecular weight excluding hydrogens is 444 g/mol. The van der Waals surface area contributed by atoms with Crippen molar-refractivity contribution in [3.05, 3.63) is 0 Å². The molecule has 0 amide bonds. The molecule has 0 aromatic heterocycles. The van der Waals surface area contributed by atoms with Crippen LogP contribution in [-0.4, -0.2) is 80.2 Å². The van der Waals surface area contributed by atoms with E-state index in [9.17, 15) is 35.1 Å². The minimum absolute atomic E-state index is 0.0828. The van der Waals surface area contributed by atoms with Crippen molar-refractivity contribution in [1.29, 1.82) is 0 Å². The topological polar surface area (TPSA) is 154 Å². The lowest BCUT2D eigenvalue weighted by atomic mass is 9.44. The Kier molecular flexibility index (Phi) is 6.14. The molecule has 1 aliphatic heterocycles. The highest BCUT2D eigenvalue weighted by Crippen LogP contribution is 2.65. The third-order valence-corrected chi connectivity index (χ3v) is 10.4. The second-order valence-corrected chi connectivity index (χ2v) is 12.0. The Bertz CT molecular complexity index is 833. The number of fused-ring (bicyclic) bond motifs is 5. The molecule has 9 heteroatoms. The summed E-state index contributed by atoms with van der Waals surface area (Å²) in [6.07, 6.45) is -2.58. The van der Waals surface area contributed by atoms with Gasteiger partial charge in [-0.05, 0) is 74.0 Å². The van der Waals surface area contributed by atoms with Crippen molar-refractivity contribution in [2.45, 2.75) is 108 Å². The van der Waals surface area contributed by atoms with E-state index in [0.717, 1.165) is 25.7 Å². The van der Waals surface area contributed by atoms with Crippen LogP contribution >= 0.6 is 0 Å². The van der Waals surface area contributed by atoms with Gasteiger partial charge in [-0.3, -0.25) is 4.79 Å². The van der Waals surface area contributed by atoms with Gasteiger partial charge in [-0.15, -0.1) is 0 Å². The number of Topliss-reactive ketones (excluding diaryl/α,β-unsaturated/α-hetero) is 1. The molecule has 13 unspecified atom stereocenters. The molecule has 192 valence electrons. The molecule has 0 bridgehead atoms. The Balaban J connectivity index is 1.29. The zero-order valence-corrected chi connectivity index (χ0v) is 19.9. The molecular formula is C25H38O9. The molecule has 0 aromatic carbocycles. The van der Waals surface area contributed by atoms with Gasteiger partial charge in [0.25, 0.3) is 0 Å². The number of carboxylic acid groups (broad SMARTS) is 1. The second kappa shape index (κ2) is 8.49. The van der Waals surface area contributed by atoms with Gasteiger partial charge in [0.1, 0.15) is 24.1 Å². The third kappa shape index (κ3) is 3.58. The summed E-state index contributed by atoms with van der Waals surface area (Å²) in [6, 6.07) is 0. The molecule has 4 saturated carbocycles. The van der Waals surface area contributed by atoms with Crippen LogP contribution < -0.4 is 0 Å². The maximum absolute atomic E-state index is 12.7. The van der Waals surface area contributed by atoms with Crippen molar-refractivity contribution in [2.24, 2.45) is 34.5 Å². The standard InChI is InChI=1S/C25H38O9/c1-24-8-7-12(33-23-20(30)18(28)19(29)21(34-23)22(31)32)9-11(24)3-4-13-14-5-6-16(27)25(14,2)10-15(26)17(13)24/h11-15,17-21,23,26,28-30H,3-10H2,1-2H3,(H,31,32). The summed E-state index contributed by atoms with van der Waals surface area (Å²) >= 11 is 0. The van der Waals surface area contributed by atoms with Crippen LogP contribution in [0.3, 0.4) is 0 Å². The highest BCUT2D eigenvalue weighted by Gasteiger charge is 2.63. The fourth-order valence-corrected chi connectivity index (χ4v) is 8.59. The van der Waals surface area contributed by atoms with Crippen LogP contribution in [0.15, 0.2) is 0 Å². The number of rotatable bonds is 3. The molecule has 0 aromatic rings. The lowest BCUT2D eigenvalue weighted by Crippen LogP contribution is -2.62. The Morgan fingerprint density at radius 2 is 1.76 bits per heavy atom. The van der Waals surface area contributed by atoms with E-state index in [1.807, 2.05) is 0 Å². The number of ketones is 1. The number of carboxylic acids is 1. The monoisotopic (exact) mass is 482 g/mol. The Hall–Kier alpha value is -1.10. The van der Waals surface area contributed by atoms with Gasteiger partial charge in [0.05, 0.1) is 12.2 Å². The molecule has 13 atom stereocenters. The van der Waals surface area contributed by atoms with Crippen molar-refractivity contribution < 1.29 is 44.6 Å². The van der Waals surface area contributed by atoms with E-state index >= 15 is 0 Å². The van der Waals surface area contributed by atoms with Crippen molar-refractivity contribution in [3.8, 4) is 0 Å². The molecule has 1 saturated heterocycles. The van der Waals surface area contributed by atoms with Crippen LogP contribution in [0.2, 0.25) is 0 Å². The first-order valence-electron chi connectivity index (χ1n) is 12.8. The molecule has 5 N–H and O–H groups in total. The Morgan fingerprint density at radius 1 is 1.03 bits per heavy atom. The first-order valence-corrected chi connectivity index (χ1v) is 12.8. The summed E-state index contributed by atoms with van der Waals surface area (Å²) in [6.45, 7) is 4.32. The smallest absolute Gasteiger partial charge is 0.335 e. The number of carbonyl (C=O) groups excluding carboxylic acids is 1. The number of aliphatic carboxylic acids is 1. The van der Waals surface area contributed by atoms with Gasteiger partial charge in [0.2, 0.25) is 0 Å². The van der Waals surface area contributed by atoms with Crippen LogP contribution in [0.25, 0.3) is 0 Å². The zero-order chi connectivity index (χ0) is 24.6. The van der Waals surface area contributed by atoms with Gasteiger partial charge in [0, 0.05) is 11.8 Å². The predicted molar refractivity (Wildman–Crippen MR) is 117 cm³/mol. The molecule has 5 fully saturated rings. The maximum Gasteiger partial charge on any atom is 0.335 e. The lowest BCUT2D eigenvalue weighted by molar-refractivity contribution is -0.310. The van der Waals surface area contributed by atoms with E-state index in [1.165, 1.54) is 0 Å². The van der Waals surface area contributed by atoms with Crippen LogP contribution in [0.4, 0.5) is 0 Å². The molecule has 34 heavy (non-hydrogen) atoms. The first kappa shape index (κ1) is 24.6. The Labute approximate surface area is 199 Å². The van der Waals surface area contributed by atoms with Crippen molar-refractivity contribution in [1.82, 2.24) is 0 Å². The van der Waals surface area contributed by atoms with Gasteiger partial charge in [-0.2, -0.15) is 0 Å². The lowest BCUT2D eigenvalue weighted by Gasteiger charge is -2.61. The van der Waals surface area contributed by atoms with Crippen LogP contribution in [0.1, 0.15) is 65.2 Å². The molecule has 0 radical (unpaired) electrons. The molecule has 9 nitrogen and oxygen atoms in total. The summed E-state index contributed by atoms with van der Waals surface area (Å²) in [4.78, 5) is 24.0. The summed E-state index contributed by atoms with van der Waals surface area (Å²) in [5, 5.41) is 50.9. The van der Waals surface area contributed by atoms with E-state index in [2.05, 4.69) is 13.8 Å². The minimum Gasteiger partial charge on any atom is -0.479 e. The van der Waals surface area contributed by atoms with Crippen LogP contribution in [0.5, 0.6) is 0 Å². The van der Waals surface area contributed by atoms with E-state index in [-0.39, 0.29) is 23.4 Å². The summed E-state index contributed by atoms with van der Waals surface area (Å²) in [5.41, 5.74) is -0.481. The highest BCUT2D eigenvalue weighted by atomic mass is 16.7. The van der Waals surface area contributed by atoms with Gasteiger partial charge >= 0.3 is 5.97 Å². The van der Waals surface area contributed by atoms with Crippen molar-refractivity contribution >= 4 is 11.8 Å². The Morgan fingerprint density at radius 3 is 2.47 bits per heavy atom. The van der Waals surface area contributed by atoms with E-state index < -0.39 is 48.2 Å². The van der Waals surface area contributed by atoms with Gasteiger partial charge in [-0.25, -0.2) is 4.79 Å². The average Bonchev–Trinajstić information content (AvgIpc) is 3.07. The molecule has 0 spiro atoms. The molecule has 5 aliphatic rings. The van der Waals surface area contributed by atoms with E-state index in [4.69, 9.17) is 9.47 Å². The van der Waals surface area contributed by atoms with Crippen molar-refractivity contribution in [2.75, 3.05) is 0 Å². The summed E-state index contributed by atoms with van der Waals surface area (Å²) in [7, 11) is 0. The van der Waals surface area contributed by atoms with Crippen molar-refractivity contribution in [3.63, 3.8) is 0 Å². The second-order valence-electron chi connectivity index (χ2n) is 12.0. The third-order valence-electron chi connectivity index (χ3n) is 10.4. The SMILES string of the molecule is CC12CC(O)C3C(CCC4CC(OC5OC(C(=O)O)C(O)C(O)C5O)CCC43C)C1CCC2=O. The average molecular weight is 483 g/mol. The zero-order valence-electron chi connectivity index (χ0n) is 19.9. The summed E-state index contributed by atoms with van der Waals surface area (Å²) < 4.78 is 11.3. The maximum atomic E-state index is 12.7. The largest absolute Gasteiger partial charge is 0.479 e. The predicted octanol–water partition coefficient (Wildman–Crippen LogP) is 0.846. The van der Waals surface area contributed by atoms with Gasteiger partial charge in [0.15, 0.2) is 12.4 Å². The van der Waals surface area contributed by atoms with E-state index in [1.54, 1.807) is 0 Å². The number of ether oxygens (including phenoxy) is 2. The molecule has 1 heterocycles. The number of aliphatic hydroxyl groups excluding tert-OH is 4. The minimum atomic E-state index is -1.74.